The highest BCUT2D eigenvalue weighted by Crippen LogP contribution is 2.25. The normalized spacial score (nSPS) is 11.6. The lowest BCUT2D eigenvalue weighted by molar-refractivity contribution is -0.142. The summed E-state index contributed by atoms with van der Waals surface area (Å²) in [6, 6.07) is 21.0. The minimum atomic E-state index is -0.762. The molecule has 0 saturated heterocycles. The van der Waals surface area contributed by atoms with Crippen molar-refractivity contribution in [1.29, 1.82) is 0 Å². The van der Waals surface area contributed by atoms with Crippen LogP contribution in [0, 0.1) is 5.92 Å². The topological polar surface area (TPSA) is 67.9 Å². The lowest BCUT2D eigenvalue weighted by Crippen LogP contribution is -2.52. The van der Waals surface area contributed by atoms with Gasteiger partial charge in [-0.3, -0.25) is 9.59 Å². The van der Waals surface area contributed by atoms with Crippen molar-refractivity contribution < 1.29 is 19.1 Å². The third-order valence-electron chi connectivity index (χ3n) is 5.71. The molecule has 0 bridgehead atoms. The average Bonchev–Trinajstić information content (AvgIpc) is 2.90. The predicted molar refractivity (Wildman–Crippen MR) is 147 cm³/mol. The third kappa shape index (κ3) is 8.69. The molecule has 3 rings (SSSR count). The zero-order valence-corrected chi connectivity index (χ0v) is 22.8. The fourth-order valence-electron chi connectivity index (χ4n) is 3.71. The van der Waals surface area contributed by atoms with Crippen molar-refractivity contribution >= 4 is 35.0 Å². The van der Waals surface area contributed by atoms with E-state index in [1.54, 1.807) is 54.5 Å². The van der Waals surface area contributed by atoms with Crippen LogP contribution in [0.15, 0.2) is 72.8 Å². The van der Waals surface area contributed by atoms with E-state index in [-0.39, 0.29) is 30.9 Å². The second-order valence-electron chi connectivity index (χ2n) is 9.08. The van der Waals surface area contributed by atoms with E-state index in [1.807, 2.05) is 44.2 Å². The summed E-state index contributed by atoms with van der Waals surface area (Å²) in [4.78, 5) is 28.6. The number of benzene rings is 3. The first-order valence-electron chi connectivity index (χ1n) is 12.1. The van der Waals surface area contributed by atoms with E-state index in [4.69, 9.17) is 32.7 Å². The quantitative estimate of drug-likeness (QED) is 0.314. The Hall–Kier alpha value is -3.22. The molecule has 0 aliphatic rings. The summed E-state index contributed by atoms with van der Waals surface area (Å²) in [5, 5.41) is 3.79. The molecular formula is C29H32Cl2N2O4. The van der Waals surface area contributed by atoms with Crippen molar-refractivity contribution in [3.05, 3.63) is 94.0 Å². The van der Waals surface area contributed by atoms with Gasteiger partial charge in [0, 0.05) is 19.5 Å². The maximum absolute atomic E-state index is 13.6. The van der Waals surface area contributed by atoms with Crippen molar-refractivity contribution in [3.8, 4) is 11.5 Å². The molecule has 0 unspecified atom stereocenters. The molecule has 8 heteroatoms. The minimum absolute atomic E-state index is 0.161. The van der Waals surface area contributed by atoms with Gasteiger partial charge >= 0.3 is 0 Å². The Labute approximate surface area is 228 Å². The Bertz CT molecular complexity index is 1170. The van der Waals surface area contributed by atoms with Gasteiger partial charge in [0.25, 0.3) is 5.91 Å². The minimum Gasteiger partial charge on any atom is -0.497 e. The number of hydrogen-bond donors (Lipinski definition) is 1. The van der Waals surface area contributed by atoms with E-state index in [2.05, 4.69) is 5.32 Å². The molecule has 37 heavy (non-hydrogen) atoms. The van der Waals surface area contributed by atoms with Crippen LogP contribution < -0.4 is 14.8 Å². The van der Waals surface area contributed by atoms with E-state index in [0.29, 0.717) is 34.5 Å². The van der Waals surface area contributed by atoms with E-state index in [9.17, 15) is 9.59 Å². The Morgan fingerprint density at radius 2 is 1.57 bits per heavy atom. The molecule has 0 spiro atoms. The summed E-state index contributed by atoms with van der Waals surface area (Å²) >= 11 is 12.4. The van der Waals surface area contributed by atoms with Gasteiger partial charge in [0.15, 0.2) is 6.61 Å². The fourth-order valence-corrected chi connectivity index (χ4v) is 4.03. The summed E-state index contributed by atoms with van der Waals surface area (Å²) in [5.74, 6) is 0.911. The predicted octanol–water partition coefficient (Wildman–Crippen LogP) is 5.79. The smallest absolute Gasteiger partial charge is 0.261 e. The van der Waals surface area contributed by atoms with Gasteiger partial charge in [0.2, 0.25) is 5.91 Å². The first kappa shape index (κ1) is 28.4. The van der Waals surface area contributed by atoms with Crippen LogP contribution in [0.2, 0.25) is 10.0 Å². The van der Waals surface area contributed by atoms with E-state index >= 15 is 0 Å². The Kier molecular flexibility index (Phi) is 10.7. The lowest BCUT2D eigenvalue weighted by Gasteiger charge is -2.31. The summed E-state index contributed by atoms with van der Waals surface area (Å²) in [5.41, 5.74) is 1.69. The number of ether oxygens (including phenoxy) is 2. The van der Waals surface area contributed by atoms with Gasteiger partial charge in [-0.1, -0.05) is 73.4 Å². The van der Waals surface area contributed by atoms with Gasteiger partial charge < -0.3 is 19.7 Å². The molecule has 1 N–H and O–H groups in total. The molecular weight excluding hydrogens is 511 g/mol. The van der Waals surface area contributed by atoms with E-state index in [0.717, 1.165) is 11.1 Å². The van der Waals surface area contributed by atoms with Crippen molar-refractivity contribution in [2.24, 2.45) is 5.92 Å². The first-order chi connectivity index (χ1) is 17.8. The zero-order valence-electron chi connectivity index (χ0n) is 21.2. The Balaban J connectivity index is 1.90. The Morgan fingerprint density at radius 3 is 2.19 bits per heavy atom. The van der Waals surface area contributed by atoms with E-state index in [1.165, 1.54) is 0 Å². The number of amides is 2. The first-order valence-corrected chi connectivity index (χ1v) is 12.8. The molecule has 0 saturated carbocycles. The standard InChI is InChI=1S/C29H32Cl2N2O4/c1-20(2)17-32-29(35)27(16-21-7-5-4-6-8-21)33(18-22-9-14-25(30)26(31)15-22)28(34)19-37-24-12-10-23(36-3)11-13-24/h4-15,20,27H,16-19H2,1-3H3,(H,32,35)/t27-/m0/s1. The highest BCUT2D eigenvalue weighted by Gasteiger charge is 2.31. The van der Waals surface area contributed by atoms with E-state index < -0.39 is 6.04 Å². The van der Waals surface area contributed by atoms with Gasteiger partial charge in [0.1, 0.15) is 17.5 Å². The molecule has 3 aromatic carbocycles. The molecule has 6 nitrogen and oxygen atoms in total. The summed E-state index contributed by atoms with van der Waals surface area (Å²) in [6.45, 7) is 4.47. The van der Waals surface area contributed by atoms with Crippen LogP contribution in [0.25, 0.3) is 0 Å². The maximum Gasteiger partial charge on any atom is 0.261 e. The van der Waals surface area contributed by atoms with Crippen LogP contribution in [-0.4, -0.2) is 43.0 Å². The summed E-state index contributed by atoms with van der Waals surface area (Å²) in [6.07, 6.45) is 0.348. The molecule has 0 aliphatic heterocycles. The number of methoxy groups -OCH3 is 1. The highest BCUT2D eigenvalue weighted by atomic mass is 35.5. The number of rotatable bonds is 12. The van der Waals surface area contributed by atoms with Crippen LogP contribution >= 0.6 is 23.2 Å². The van der Waals surface area contributed by atoms with Gasteiger partial charge in [-0.05, 0) is 53.4 Å². The molecule has 0 aliphatic carbocycles. The molecule has 0 fully saturated rings. The van der Waals surface area contributed by atoms with Crippen LogP contribution in [0.4, 0.5) is 0 Å². The SMILES string of the molecule is COc1ccc(OCC(=O)N(Cc2ccc(Cl)c(Cl)c2)[C@@H](Cc2ccccc2)C(=O)NCC(C)C)cc1. The number of carbonyl (C=O) groups is 2. The molecule has 1 atom stereocenters. The van der Waals surface area contributed by atoms with Crippen molar-refractivity contribution in [2.45, 2.75) is 32.9 Å². The monoisotopic (exact) mass is 542 g/mol. The highest BCUT2D eigenvalue weighted by molar-refractivity contribution is 6.42. The maximum atomic E-state index is 13.6. The summed E-state index contributed by atoms with van der Waals surface area (Å²) < 4.78 is 11.0. The van der Waals surface area contributed by atoms with Gasteiger partial charge in [0.05, 0.1) is 17.2 Å². The Morgan fingerprint density at radius 1 is 0.892 bits per heavy atom. The fraction of sp³-hybridized carbons (Fsp3) is 0.310. The number of carbonyl (C=O) groups excluding carboxylic acids is 2. The van der Waals surface area contributed by atoms with Crippen molar-refractivity contribution in [2.75, 3.05) is 20.3 Å². The molecule has 0 heterocycles. The number of halogens is 2. The molecule has 0 radical (unpaired) electrons. The third-order valence-corrected chi connectivity index (χ3v) is 6.45. The van der Waals surface area contributed by atoms with Crippen LogP contribution in [0.5, 0.6) is 11.5 Å². The van der Waals surface area contributed by atoms with Crippen LogP contribution in [0.1, 0.15) is 25.0 Å². The molecule has 0 aromatic heterocycles. The number of nitrogens with one attached hydrogen (secondary N) is 1. The lowest BCUT2D eigenvalue weighted by atomic mass is 10.0. The van der Waals surface area contributed by atoms with Crippen molar-refractivity contribution in [1.82, 2.24) is 10.2 Å². The number of nitrogens with zero attached hydrogens (tertiary/aromatic N) is 1. The summed E-state index contributed by atoms with van der Waals surface area (Å²) in [7, 11) is 1.58. The molecule has 196 valence electrons. The molecule has 3 aromatic rings. The second-order valence-corrected chi connectivity index (χ2v) is 9.89. The van der Waals surface area contributed by atoms with Crippen LogP contribution in [-0.2, 0) is 22.6 Å². The van der Waals surface area contributed by atoms with Crippen molar-refractivity contribution in [3.63, 3.8) is 0 Å². The zero-order chi connectivity index (χ0) is 26.8. The largest absolute Gasteiger partial charge is 0.497 e. The average molecular weight is 543 g/mol. The number of hydrogen-bond acceptors (Lipinski definition) is 4. The second kappa shape index (κ2) is 13.9. The van der Waals surface area contributed by atoms with Gasteiger partial charge in [-0.2, -0.15) is 0 Å². The van der Waals surface area contributed by atoms with Gasteiger partial charge in [-0.25, -0.2) is 0 Å². The van der Waals surface area contributed by atoms with Gasteiger partial charge in [-0.15, -0.1) is 0 Å². The van der Waals surface area contributed by atoms with Crippen LogP contribution in [0.3, 0.4) is 0 Å². The molecule has 2 amide bonds.